The van der Waals surface area contributed by atoms with E-state index in [0.29, 0.717) is 5.41 Å². The van der Waals surface area contributed by atoms with E-state index >= 15 is 0 Å². The molecule has 2 nitrogen and oxygen atoms in total. The Labute approximate surface area is 93.8 Å². The molecule has 0 atom stereocenters. The number of nitrogens with one attached hydrogen (secondary N) is 1. The zero-order valence-corrected chi connectivity index (χ0v) is 10.1. The van der Waals surface area contributed by atoms with Gasteiger partial charge < -0.3 is 10.1 Å². The molecule has 0 radical (unpaired) electrons. The minimum atomic E-state index is 0.660. The van der Waals surface area contributed by atoms with Crippen LogP contribution in [0.1, 0.15) is 45.4 Å². The molecule has 0 spiro atoms. The van der Waals surface area contributed by atoms with Gasteiger partial charge in [0.1, 0.15) is 0 Å². The molecule has 0 aromatic heterocycles. The molecule has 15 heavy (non-hydrogen) atoms. The van der Waals surface area contributed by atoms with E-state index in [1.807, 2.05) is 0 Å². The van der Waals surface area contributed by atoms with E-state index in [1.54, 1.807) is 0 Å². The van der Waals surface area contributed by atoms with Crippen molar-refractivity contribution in [3.63, 3.8) is 0 Å². The Morgan fingerprint density at radius 2 is 2.00 bits per heavy atom. The fourth-order valence-corrected chi connectivity index (χ4v) is 3.32. The largest absolute Gasteiger partial charge is 0.382 e. The molecule has 2 aliphatic rings. The number of hydrogen-bond acceptors (Lipinski definition) is 2. The van der Waals surface area contributed by atoms with Gasteiger partial charge in [0.25, 0.3) is 0 Å². The first kappa shape index (κ1) is 11.4. The van der Waals surface area contributed by atoms with Crippen LogP contribution in [0.2, 0.25) is 0 Å². The van der Waals surface area contributed by atoms with Crippen LogP contribution in [-0.4, -0.2) is 26.3 Å². The van der Waals surface area contributed by atoms with Gasteiger partial charge in [0.2, 0.25) is 0 Å². The van der Waals surface area contributed by atoms with Crippen LogP contribution in [0.5, 0.6) is 0 Å². The SMILES string of the molecule is CCOCCCC1(C2CCCC2)CNC1. The van der Waals surface area contributed by atoms with Gasteiger partial charge in [-0.3, -0.25) is 0 Å². The average molecular weight is 211 g/mol. The zero-order valence-electron chi connectivity index (χ0n) is 10.1. The Morgan fingerprint density at radius 3 is 2.53 bits per heavy atom. The number of ether oxygens (including phenoxy) is 1. The molecule has 2 heteroatoms. The van der Waals surface area contributed by atoms with Crippen LogP contribution in [0.25, 0.3) is 0 Å². The molecule has 88 valence electrons. The van der Waals surface area contributed by atoms with Crippen LogP contribution in [-0.2, 0) is 4.74 Å². The average Bonchev–Trinajstić information content (AvgIpc) is 2.69. The van der Waals surface area contributed by atoms with Crippen molar-refractivity contribution in [3.8, 4) is 0 Å². The van der Waals surface area contributed by atoms with Gasteiger partial charge in [0.15, 0.2) is 0 Å². The Morgan fingerprint density at radius 1 is 1.27 bits per heavy atom. The van der Waals surface area contributed by atoms with Crippen LogP contribution < -0.4 is 5.32 Å². The van der Waals surface area contributed by atoms with Crippen LogP contribution in [0.4, 0.5) is 0 Å². The van der Waals surface area contributed by atoms with Crippen molar-refractivity contribution in [1.29, 1.82) is 0 Å². The topological polar surface area (TPSA) is 21.3 Å². The summed E-state index contributed by atoms with van der Waals surface area (Å²) in [6.45, 7) is 6.45. The van der Waals surface area contributed by atoms with Crippen LogP contribution >= 0.6 is 0 Å². The van der Waals surface area contributed by atoms with Gasteiger partial charge in [-0.2, -0.15) is 0 Å². The van der Waals surface area contributed by atoms with Crippen molar-refractivity contribution in [3.05, 3.63) is 0 Å². The van der Waals surface area contributed by atoms with E-state index in [9.17, 15) is 0 Å². The zero-order chi connectivity index (χ0) is 10.6. The standard InChI is InChI=1S/C13H25NO/c1-2-15-9-5-8-13(10-14-11-13)12-6-3-4-7-12/h12,14H,2-11H2,1H3. The summed E-state index contributed by atoms with van der Waals surface area (Å²) >= 11 is 0. The molecule has 1 aliphatic carbocycles. The lowest BCUT2D eigenvalue weighted by molar-refractivity contribution is 0.0513. The molecule has 1 N–H and O–H groups in total. The molecule has 2 rings (SSSR count). The number of hydrogen-bond donors (Lipinski definition) is 1. The normalized spacial score (nSPS) is 25.4. The van der Waals surface area contributed by atoms with Gasteiger partial charge >= 0.3 is 0 Å². The second-order valence-electron chi connectivity index (χ2n) is 5.25. The molecule has 2 fully saturated rings. The van der Waals surface area contributed by atoms with Crippen LogP contribution in [0.15, 0.2) is 0 Å². The molecule has 1 saturated heterocycles. The van der Waals surface area contributed by atoms with Crippen molar-refractivity contribution in [2.45, 2.75) is 45.4 Å². The van der Waals surface area contributed by atoms with Gasteiger partial charge in [0.05, 0.1) is 0 Å². The summed E-state index contributed by atoms with van der Waals surface area (Å²) in [5.74, 6) is 1.01. The second kappa shape index (κ2) is 5.31. The molecular formula is C13H25NO. The summed E-state index contributed by atoms with van der Waals surface area (Å²) in [5.41, 5.74) is 0.660. The lowest BCUT2D eigenvalue weighted by Crippen LogP contribution is -2.57. The Hall–Kier alpha value is -0.0800. The summed E-state index contributed by atoms with van der Waals surface area (Å²) in [6.07, 6.45) is 8.54. The van der Waals surface area contributed by atoms with Crippen LogP contribution in [0, 0.1) is 11.3 Å². The van der Waals surface area contributed by atoms with E-state index in [-0.39, 0.29) is 0 Å². The van der Waals surface area contributed by atoms with Gasteiger partial charge in [-0.1, -0.05) is 12.8 Å². The van der Waals surface area contributed by atoms with Crippen molar-refractivity contribution < 1.29 is 4.74 Å². The fraction of sp³-hybridized carbons (Fsp3) is 1.00. The molecule has 1 saturated carbocycles. The summed E-state index contributed by atoms with van der Waals surface area (Å²) in [6, 6.07) is 0. The highest BCUT2D eigenvalue weighted by molar-refractivity contribution is 4.98. The maximum Gasteiger partial charge on any atom is 0.0466 e. The van der Waals surface area contributed by atoms with Crippen molar-refractivity contribution in [2.24, 2.45) is 11.3 Å². The highest BCUT2D eigenvalue weighted by Gasteiger charge is 2.43. The quantitative estimate of drug-likeness (QED) is 0.682. The third-order valence-electron chi connectivity index (χ3n) is 4.34. The smallest absolute Gasteiger partial charge is 0.0466 e. The first-order chi connectivity index (χ1) is 7.37. The first-order valence-corrected chi connectivity index (χ1v) is 6.66. The number of rotatable bonds is 6. The molecule has 1 aliphatic heterocycles. The van der Waals surface area contributed by atoms with Crippen molar-refractivity contribution in [2.75, 3.05) is 26.3 Å². The Kier molecular flexibility index (Phi) is 4.04. The Balaban J connectivity index is 1.75. The van der Waals surface area contributed by atoms with Crippen molar-refractivity contribution >= 4 is 0 Å². The third-order valence-corrected chi connectivity index (χ3v) is 4.34. The summed E-state index contributed by atoms with van der Waals surface area (Å²) in [5, 5.41) is 3.48. The van der Waals surface area contributed by atoms with Gasteiger partial charge in [-0.25, -0.2) is 0 Å². The summed E-state index contributed by atoms with van der Waals surface area (Å²) in [7, 11) is 0. The van der Waals surface area contributed by atoms with Crippen LogP contribution in [0.3, 0.4) is 0 Å². The highest BCUT2D eigenvalue weighted by atomic mass is 16.5. The lowest BCUT2D eigenvalue weighted by Gasteiger charge is -2.47. The van der Waals surface area contributed by atoms with E-state index in [1.165, 1.54) is 51.6 Å². The van der Waals surface area contributed by atoms with E-state index in [0.717, 1.165) is 19.1 Å². The molecule has 1 heterocycles. The molecule has 0 aromatic carbocycles. The summed E-state index contributed by atoms with van der Waals surface area (Å²) in [4.78, 5) is 0. The summed E-state index contributed by atoms with van der Waals surface area (Å²) < 4.78 is 5.44. The predicted octanol–water partition coefficient (Wildman–Crippen LogP) is 2.58. The predicted molar refractivity (Wildman–Crippen MR) is 63.0 cm³/mol. The van der Waals surface area contributed by atoms with Gasteiger partial charge in [-0.05, 0) is 43.9 Å². The minimum Gasteiger partial charge on any atom is -0.382 e. The van der Waals surface area contributed by atoms with Crippen molar-refractivity contribution in [1.82, 2.24) is 5.32 Å². The fourth-order valence-electron chi connectivity index (χ4n) is 3.32. The Bertz CT molecular complexity index is 183. The second-order valence-corrected chi connectivity index (χ2v) is 5.25. The monoisotopic (exact) mass is 211 g/mol. The van der Waals surface area contributed by atoms with Gasteiger partial charge in [0, 0.05) is 26.3 Å². The molecular weight excluding hydrogens is 186 g/mol. The van der Waals surface area contributed by atoms with E-state index in [2.05, 4.69) is 12.2 Å². The molecule has 0 bridgehead atoms. The highest BCUT2D eigenvalue weighted by Crippen LogP contribution is 2.45. The van der Waals surface area contributed by atoms with E-state index in [4.69, 9.17) is 4.74 Å². The molecule has 0 unspecified atom stereocenters. The molecule has 0 aromatic rings. The maximum absolute atomic E-state index is 5.44. The minimum absolute atomic E-state index is 0.660. The van der Waals surface area contributed by atoms with E-state index < -0.39 is 0 Å². The third kappa shape index (κ3) is 2.54. The molecule has 0 amide bonds. The first-order valence-electron chi connectivity index (χ1n) is 6.66. The van der Waals surface area contributed by atoms with Gasteiger partial charge in [-0.15, -0.1) is 0 Å². The lowest BCUT2D eigenvalue weighted by atomic mass is 9.67. The maximum atomic E-state index is 5.44.